The zero-order chi connectivity index (χ0) is 12.7. The predicted octanol–water partition coefficient (Wildman–Crippen LogP) is 1.66. The lowest BCUT2D eigenvalue weighted by atomic mass is 10.1. The lowest BCUT2D eigenvalue weighted by Gasteiger charge is -2.11. The summed E-state index contributed by atoms with van der Waals surface area (Å²) in [7, 11) is 0. The van der Waals surface area contributed by atoms with Gasteiger partial charge < -0.3 is 15.7 Å². The van der Waals surface area contributed by atoms with E-state index in [1.54, 1.807) is 18.3 Å². The van der Waals surface area contributed by atoms with Gasteiger partial charge in [0.05, 0.1) is 5.92 Å². The molecule has 17 heavy (non-hydrogen) atoms. The zero-order valence-corrected chi connectivity index (χ0v) is 10.4. The molecule has 0 aliphatic heterocycles. The fourth-order valence-electron chi connectivity index (χ4n) is 1.26. The van der Waals surface area contributed by atoms with E-state index in [2.05, 4.69) is 10.6 Å². The Morgan fingerprint density at radius 2 is 2.24 bits per heavy atom. The number of carboxylic acid groups (broad SMARTS) is 1. The van der Waals surface area contributed by atoms with Gasteiger partial charge in [-0.2, -0.15) is 11.3 Å². The third-order valence-corrected chi connectivity index (χ3v) is 3.12. The van der Waals surface area contributed by atoms with Crippen LogP contribution >= 0.6 is 11.3 Å². The van der Waals surface area contributed by atoms with Crippen molar-refractivity contribution in [3.63, 3.8) is 0 Å². The van der Waals surface area contributed by atoms with Crippen LogP contribution in [-0.2, 0) is 11.3 Å². The summed E-state index contributed by atoms with van der Waals surface area (Å²) in [5.41, 5.74) is 1.04. The van der Waals surface area contributed by atoms with Crippen LogP contribution in [0.25, 0.3) is 0 Å². The molecule has 0 aliphatic rings. The van der Waals surface area contributed by atoms with Gasteiger partial charge in [-0.3, -0.25) is 4.79 Å². The van der Waals surface area contributed by atoms with Crippen LogP contribution in [0.3, 0.4) is 0 Å². The van der Waals surface area contributed by atoms with Crippen LogP contribution in [-0.4, -0.2) is 23.7 Å². The molecule has 0 fully saturated rings. The highest BCUT2D eigenvalue weighted by Gasteiger charge is 2.15. The first kappa shape index (κ1) is 13.5. The molecule has 1 aromatic heterocycles. The zero-order valence-electron chi connectivity index (χ0n) is 9.60. The number of carbonyl (C=O) groups is 2. The molecule has 3 N–H and O–H groups in total. The van der Waals surface area contributed by atoms with Gasteiger partial charge >= 0.3 is 12.0 Å². The molecule has 0 bridgehead atoms. The maximum absolute atomic E-state index is 11.4. The van der Waals surface area contributed by atoms with Crippen LogP contribution in [0.1, 0.15) is 18.9 Å². The van der Waals surface area contributed by atoms with Crippen molar-refractivity contribution in [3.05, 3.63) is 22.4 Å². The summed E-state index contributed by atoms with van der Waals surface area (Å²) >= 11 is 1.57. The van der Waals surface area contributed by atoms with Crippen molar-refractivity contribution >= 4 is 23.3 Å². The fourth-order valence-corrected chi connectivity index (χ4v) is 1.93. The molecule has 0 aromatic carbocycles. The highest BCUT2D eigenvalue weighted by Crippen LogP contribution is 2.04. The van der Waals surface area contributed by atoms with Crippen LogP contribution in [0.5, 0.6) is 0 Å². The number of urea groups is 1. The minimum Gasteiger partial charge on any atom is -0.481 e. The Labute approximate surface area is 104 Å². The number of hydrogen-bond donors (Lipinski definition) is 3. The van der Waals surface area contributed by atoms with Crippen molar-refractivity contribution in [3.8, 4) is 0 Å². The molecule has 1 aromatic rings. The van der Waals surface area contributed by atoms with E-state index in [0.717, 1.165) is 5.56 Å². The quantitative estimate of drug-likeness (QED) is 0.724. The standard InChI is InChI=1S/C11H16N2O3S/c1-2-9(10(14)15)6-13-11(16)12-5-8-3-4-17-7-8/h3-4,7,9H,2,5-6H2,1H3,(H,14,15)(H2,12,13,16). The van der Waals surface area contributed by atoms with E-state index in [0.29, 0.717) is 13.0 Å². The molecule has 0 saturated heterocycles. The number of carbonyl (C=O) groups excluding carboxylic acids is 1. The van der Waals surface area contributed by atoms with Gasteiger partial charge in [0.2, 0.25) is 0 Å². The molecule has 5 nitrogen and oxygen atoms in total. The minimum absolute atomic E-state index is 0.154. The highest BCUT2D eigenvalue weighted by atomic mass is 32.1. The van der Waals surface area contributed by atoms with E-state index in [9.17, 15) is 9.59 Å². The number of aliphatic carboxylic acids is 1. The molecule has 1 atom stereocenters. The van der Waals surface area contributed by atoms with Crippen molar-refractivity contribution in [2.75, 3.05) is 6.54 Å². The van der Waals surface area contributed by atoms with Gasteiger partial charge in [0.25, 0.3) is 0 Å². The lowest BCUT2D eigenvalue weighted by molar-refractivity contribution is -0.141. The monoisotopic (exact) mass is 256 g/mol. The Kier molecular flexibility index (Phi) is 5.48. The van der Waals surface area contributed by atoms with Gasteiger partial charge in [0, 0.05) is 13.1 Å². The Morgan fingerprint density at radius 1 is 1.47 bits per heavy atom. The second kappa shape index (κ2) is 6.90. The van der Waals surface area contributed by atoms with Crippen LogP contribution in [0, 0.1) is 5.92 Å². The predicted molar refractivity (Wildman–Crippen MR) is 66.0 cm³/mol. The van der Waals surface area contributed by atoms with Gasteiger partial charge in [0.15, 0.2) is 0 Å². The summed E-state index contributed by atoms with van der Waals surface area (Å²) in [4.78, 5) is 22.1. The summed E-state index contributed by atoms with van der Waals surface area (Å²) in [5.74, 6) is -1.41. The molecule has 1 unspecified atom stereocenters. The average molecular weight is 256 g/mol. The van der Waals surface area contributed by atoms with Crippen molar-refractivity contribution < 1.29 is 14.7 Å². The van der Waals surface area contributed by atoms with E-state index in [4.69, 9.17) is 5.11 Å². The first-order valence-corrected chi connectivity index (χ1v) is 6.33. The van der Waals surface area contributed by atoms with Crippen LogP contribution in [0.4, 0.5) is 4.79 Å². The number of hydrogen-bond acceptors (Lipinski definition) is 3. The molecule has 0 radical (unpaired) electrons. The Balaban J connectivity index is 2.23. The number of carboxylic acids is 1. The van der Waals surface area contributed by atoms with Crippen molar-refractivity contribution in [1.82, 2.24) is 10.6 Å². The number of nitrogens with one attached hydrogen (secondary N) is 2. The van der Waals surface area contributed by atoms with Crippen LogP contribution in [0.2, 0.25) is 0 Å². The van der Waals surface area contributed by atoms with Crippen molar-refractivity contribution in [2.45, 2.75) is 19.9 Å². The molecule has 0 aliphatic carbocycles. The van der Waals surface area contributed by atoms with Gasteiger partial charge in [-0.15, -0.1) is 0 Å². The molecule has 1 rings (SSSR count). The molecule has 1 heterocycles. The van der Waals surface area contributed by atoms with Crippen LogP contribution < -0.4 is 10.6 Å². The van der Waals surface area contributed by atoms with Crippen molar-refractivity contribution in [1.29, 1.82) is 0 Å². The van der Waals surface area contributed by atoms with E-state index in [1.165, 1.54) is 0 Å². The fraction of sp³-hybridized carbons (Fsp3) is 0.455. The van der Waals surface area contributed by atoms with Gasteiger partial charge in [0.1, 0.15) is 0 Å². The minimum atomic E-state index is -0.884. The van der Waals surface area contributed by atoms with Gasteiger partial charge in [-0.25, -0.2) is 4.79 Å². The van der Waals surface area contributed by atoms with Crippen molar-refractivity contribution in [2.24, 2.45) is 5.92 Å². The van der Waals surface area contributed by atoms with E-state index in [1.807, 2.05) is 16.8 Å². The summed E-state index contributed by atoms with van der Waals surface area (Å²) < 4.78 is 0. The van der Waals surface area contributed by atoms with Gasteiger partial charge in [-0.05, 0) is 28.8 Å². The third-order valence-electron chi connectivity index (χ3n) is 2.38. The van der Waals surface area contributed by atoms with Crippen LogP contribution in [0.15, 0.2) is 16.8 Å². The Bertz CT molecular complexity index is 365. The first-order valence-electron chi connectivity index (χ1n) is 5.39. The normalized spacial score (nSPS) is 11.8. The summed E-state index contributed by atoms with van der Waals surface area (Å²) in [6.45, 7) is 2.39. The third kappa shape index (κ3) is 4.86. The van der Waals surface area contributed by atoms with Gasteiger partial charge in [-0.1, -0.05) is 6.92 Å². The molecule has 2 amide bonds. The largest absolute Gasteiger partial charge is 0.481 e. The second-order valence-corrected chi connectivity index (χ2v) is 4.42. The molecular weight excluding hydrogens is 240 g/mol. The smallest absolute Gasteiger partial charge is 0.315 e. The molecule has 0 saturated carbocycles. The summed E-state index contributed by atoms with van der Waals surface area (Å²) in [6.07, 6.45) is 0.500. The second-order valence-electron chi connectivity index (χ2n) is 3.64. The number of thiophene rings is 1. The molecular formula is C11H16N2O3S. The lowest BCUT2D eigenvalue weighted by Crippen LogP contribution is -2.39. The average Bonchev–Trinajstić information content (AvgIpc) is 2.79. The first-order chi connectivity index (χ1) is 8.13. The van der Waals surface area contributed by atoms with E-state index < -0.39 is 11.9 Å². The highest BCUT2D eigenvalue weighted by molar-refractivity contribution is 7.07. The molecule has 94 valence electrons. The molecule has 0 spiro atoms. The summed E-state index contributed by atoms with van der Waals surface area (Å²) in [5, 5.41) is 17.9. The van der Waals surface area contributed by atoms with E-state index in [-0.39, 0.29) is 12.6 Å². The maximum atomic E-state index is 11.4. The SMILES string of the molecule is CCC(CNC(=O)NCc1ccsc1)C(=O)O. The number of amides is 2. The molecule has 6 heteroatoms. The maximum Gasteiger partial charge on any atom is 0.315 e. The Morgan fingerprint density at radius 3 is 2.76 bits per heavy atom. The Hall–Kier alpha value is -1.56. The topological polar surface area (TPSA) is 78.4 Å². The van der Waals surface area contributed by atoms with E-state index >= 15 is 0 Å². The number of rotatable bonds is 6. The summed E-state index contributed by atoms with van der Waals surface area (Å²) in [6, 6.07) is 1.59.